The van der Waals surface area contributed by atoms with Crippen LogP contribution in [-0.4, -0.2) is 0 Å². The first-order chi connectivity index (χ1) is 27.7. The van der Waals surface area contributed by atoms with Crippen LogP contribution in [0.15, 0.2) is 188 Å². The highest BCUT2D eigenvalue weighted by atomic mass is 14.2. The molecule has 0 aliphatic heterocycles. The zero-order valence-corrected chi connectivity index (χ0v) is 31.5. The first kappa shape index (κ1) is 32.9. The number of rotatable bonds is 5. The number of hydrogen-bond acceptors (Lipinski definition) is 0. The highest BCUT2D eigenvalue weighted by Gasteiger charge is 2.21. The van der Waals surface area contributed by atoms with Crippen molar-refractivity contribution in [1.82, 2.24) is 0 Å². The average molecular weight is 715 g/mol. The molecule has 0 heteroatoms. The molecular formula is C56H42. The topological polar surface area (TPSA) is 0 Å². The summed E-state index contributed by atoms with van der Waals surface area (Å²) in [6, 6.07) is 70.4. The number of hydrogen-bond donors (Lipinski definition) is 0. The lowest BCUT2D eigenvalue weighted by molar-refractivity contribution is 0.446. The predicted octanol–water partition coefficient (Wildman–Crippen LogP) is 16.2. The molecule has 0 bridgehead atoms. The summed E-state index contributed by atoms with van der Waals surface area (Å²) in [6.07, 6.45) is 6.65. The molecule has 1 aliphatic rings. The van der Waals surface area contributed by atoms with Gasteiger partial charge in [0.2, 0.25) is 0 Å². The molecule has 1 aliphatic carbocycles. The Morgan fingerprint density at radius 1 is 0.268 bits per heavy atom. The van der Waals surface area contributed by atoms with Crippen LogP contribution in [0.5, 0.6) is 0 Å². The van der Waals surface area contributed by atoms with E-state index in [1.54, 1.807) is 5.56 Å². The highest BCUT2D eigenvalue weighted by molar-refractivity contribution is 6.21. The molecule has 1 fully saturated rings. The summed E-state index contributed by atoms with van der Waals surface area (Å²) in [5.41, 5.74) is 11.5. The summed E-state index contributed by atoms with van der Waals surface area (Å²) in [7, 11) is 0. The van der Waals surface area contributed by atoms with E-state index in [1.165, 1.54) is 130 Å². The molecule has 0 N–H and O–H groups in total. The molecule has 1 saturated carbocycles. The first-order valence-corrected chi connectivity index (χ1v) is 20.3. The van der Waals surface area contributed by atoms with Gasteiger partial charge in [0.15, 0.2) is 0 Å². The molecular weight excluding hydrogens is 673 g/mol. The van der Waals surface area contributed by atoms with E-state index >= 15 is 0 Å². The fraction of sp³-hybridized carbons (Fsp3) is 0.107. The number of benzene rings is 10. The van der Waals surface area contributed by atoms with Crippen LogP contribution < -0.4 is 0 Å². The van der Waals surface area contributed by atoms with Crippen LogP contribution in [0.3, 0.4) is 0 Å². The van der Waals surface area contributed by atoms with E-state index in [2.05, 4.69) is 188 Å². The summed E-state index contributed by atoms with van der Waals surface area (Å²) in [5, 5.41) is 13.2. The minimum absolute atomic E-state index is 0.648. The zero-order chi connectivity index (χ0) is 37.0. The minimum atomic E-state index is 0.648. The van der Waals surface area contributed by atoms with Gasteiger partial charge in [-0.25, -0.2) is 0 Å². The molecule has 0 nitrogen and oxygen atoms in total. The maximum atomic E-state index is 2.55. The van der Waals surface area contributed by atoms with Crippen molar-refractivity contribution in [3.63, 3.8) is 0 Å². The SMILES string of the molecule is c1ccc(-c2ccc3cc(-c4ccc5cc(-c6cccc(-c7cc8c9ccccc9c(C9CCCCC9)cc8c8ccccc78)c6)ccc5c4)ccc3c2)cc1. The molecule has 0 saturated heterocycles. The van der Waals surface area contributed by atoms with Crippen molar-refractivity contribution >= 4 is 53.9 Å². The van der Waals surface area contributed by atoms with Gasteiger partial charge in [-0.2, -0.15) is 0 Å². The van der Waals surface area contributed by atoms with Crippen LogP contribution in [0.25, 0.3) is 98.4 Å². The summed E-state index contributed by atoms with van der Waals surface area (Å²) in [6.45, 7) is 0. The maximum absolute atomic E-state index is 2.55. The molecule has 266 valence electrons. The second-order valence-electron chi connectivity index (χ2n) is 15.9. The lowest BCUT2D eigenvalue weighted by Gasteiger charge is -2.25. The van der Waals surface area contributed by atoms with Gasteiger partial charge in [-0.15, -0.1) is 0 Å². The minimum Gasteiger partial charge on any atom is -0.0622 e. The van der Waals surface area contributed by atoms with E-state index in [0.29, 0.717) is 5.92 Å². The third kappa shape index (κ3) is 5.76. The van der Waals surface area contributed by atoms with Crippen LogP contribution in [0, 0.1) is 0 Å². The largest absolute Gasteiger partial charge is 0.0622 e. The Hall–Kier alpha value is -6.50. The van der Waals surface area contributed by atoms with Gasteiger partial charge in [0.1, 0.15) is 0 Å². The van der Waals surface area contributed by atoms with E-state index in [1.807, 2.05) is 0 Å². The smallest absolute Gasteiger partial charge is 0.00926 e. The molecule has 11 rings (SSSR count). The molecule has 10 aromatic carbocycles. The monoisotopic (exact) mass is 714 g/mol. The molecule has 0 heterocycles. The van der Waals surface area contributed by atoms with Crippen LogP contribution in [0.1, 0.15) is 43.6 Å². The summed E-state index contributed by atoms with van der Waals surface area (Å²) in [4.78, 5) is 0. The second kappa shape index (κ2) is 13.7. The Balaban J connectivity index is 0.955. The van der Waals surface area contributed by atoms with Crippen molar-refractivity contribution in [2.45, 2.75) is 38.0 Å². The van der Waals surface area contributed by atoms with Crippen LogP contribution in [-0.2, 0) is 0 Å². The maximum Gasteiger partial charge on any atom is -0.00926 e. The van der Waals surface area contributed by atoms with Gasteiger partial charge < -0.3 is 0 Å². The highest BCUT2D eigenvalue weighted by Crippen LogP contribution is 2.44. The van der Waals surface area contributed by atoms with Crippen LogP contribution >= 0.6 is 0 Å². The lowest BCUT2D eigenvalue weighted by Crippen LogP contribution is -2.05. The third-order valence-corrected chi connectivity index (χ3v) is 12.6. The second-order valence-corrected chi connectivity index (χ2v) is 15.9. The standard InChI is InChI=1S/C56H42/c1-3-12-37(13-4-1)40-22-23-43-32-46(27-26-42(43)30-40)47-29-28-44-31-41(24-25-45(44)33-47)39-16-11-17-48(34-39)54-36-56-51-20-9-7-18-49(51)53(38-14-5-2-6-15-38)35-55(56)52-21-10-8-19-50(52)54/h1,3-4,7-13,16-36,38H,2,5-6,14-15H2. The van der Waals surface area contributed by atoms with E-state index in [0.717, 1.165) is 0 Å². The van der Waals surface area contributed by atoms with Crippen molar-refractivity contribution in [1.29, 1.82) is 0 Å². The first-order valence-electron chi connectivity index (χ1n) is 20.3. The molecule has 0 spiro atoms. The molecule has 0 atom stereocenters. The zero-order valence-electron chi connectivity index (χ0n) is 31.5. The van der Waals surface area contributed by atoms with Crippen LogP contribution in [0.4, 0.5) is 0 Å². The molecule has 0 aromatic heterocycles. The van der Waals surface area contributed by atoms with E-state index in [-0.39, 0.29) is 0 Å². The summed E-state index contributed by atoms with van der Waals surface area (Å²) < 4.78 is 0. The number of fused-ring (bicyclic) bond motifs is 7. The molecule has 56 heavy (non-hydrogen) atoms. The molecule has 0 radical (unpaired) electrons. The van der Waals surface area contributed by atoms with E-state index in [4.69, 9.17) is 0 Å². The Labute approximate surface area is 328 Å². The van der Waals surface area contributed by atoms with Gasteiger partial charge in [-0.3, -0.25) is 0 Å². The molecule has 0 unspecified atom stereocenters. The van der Waals surface area contributed by atoms with Crippen molar-refractivity contribution in [3.8, 4) is 44.5 Å². The van der Waals surface area contributed by atoms with E-state index < -0.39 is 0 Å². The Morgan fingerprint density at radius 2 is 0.714 bits per heavy atom. The Morgan fingerprint density at radius 3 is 1.32 bits per heavy atom. The van der Waals surface area contributed by atoms with Gasteiger partial charge in [0, 0.05) is 0 Å². The van der Waals surface area contributed by atoms with Crippen molar-refractivity contribution in [2.24, 2.45) is 0 Å². The summed E-state index contributed by atoms with van der Waals surface area (Å²) in [5.74, 6) is 0.648. The van der Waals surface area contributed by atoms with Crippen molar-refractivity contribution < 1.29 is 0 Å². The fourth-order valence-corrected chi connectivity index (χ4v) is 9.68. The van der Waals surface area contributed by atoms with Crippen molar-refractivity contribution in [3.05, 3.63) is 194 Å². The normalized spacial score (nSPS) is 13.6. The van der Waals surface area contributed by atoms with E-state index in [9.17, 15) is 0 Å². The van der Waals surface area contributed by atoms with Gasteiger partial charge >= 0.3 is 0 Å². The van der Waals surface area contributed by atoms with Gasteiger partial charge in [0.25, 0.3) is 0 Å². The molecule has 10 aromatic rings. The van der Waals surface area contributed by atoms with Gasteiger partial charge in [0.05, 0.1) is 0 Å². The fourth-order valence-electron chi connectivity index (χ4n) is 9.68. The Kier molecular flexibility index (Phi) is 8.02. The van der Waals surface area contributed by atoms with Gasteiger partial charge in [-0.1, -0.05) is 165 Å². The van der Waals surface area contributed by atoms with Gasteiger partial charge in [-0.05, 0) is 165 Å². The average Bonchev–Trinajstić information content (AvgIpc) is 3.28. The predicted molar refractivity (Wildman–Crippen MR) is 242 cm³/mol. The third-order valence-electron chi connectivity index (χ3n) is 12.6. The summed E-state index contributed by atoms with van der Waals surface area (Å²) >= 11 is 0. The van der Waals surface area contributed by atoms with Crippen molar-refractivity contribution in [2.75, 3.05) is 0 Å². The van der Waals surface area contributed by atoms with Crippen LogP contribution in [0.2, 0.25) is 0 Å². The Bertz CT molecular complexity index is 3110. The lowest BCUT2D eigenvalue weighted by atomic mass is 9.80. The molecule has 0 amide bonds. The quantitative estimate of drug-likeness (QED) is 0.156.